The summed E-state index contributed by atoms with van der Waals surface area (Å²) in [4.78, 5) is 14.0. The molecule has 1 aliphatic rings. The number of carbonyl (C=O) groups is 1. The first kappa shape index (κ1) is 21.9. The van der Waals surface area contributed by atoms with Crippen LogP contribution in [-0.2, 0) is 22.5 Å². The second-order valence-electron chi connectivity index (χ2n) is 7.02. The number of nitrogens with zero attached hydrogens (tertiary/aromatic N) is 4. The van der Waals surface area contributed by atoms with Gasteiger partial charge in [-0.1, -0.05) is 42.5 Å². The van der Waals surface area contributed by atoms with Crippen molar-refractivity contribution in [3.05, 3.63) is 60.2 Å². The molecule has 2 atom stereocenters. The molecule has 1 fully saturated rings. The van der Waals surface area contributed by atoms with Crippen molar-refractivity contribution in [2.75, 3.05) is 18.5 Å². The lowest BCUT2D eigenvalue weighted by molar-refractivity contribution is -0.123. The van der Waals surface area contributed by atoms with E-state index in [0.29, 0.717) is 25.5 Å². The Kier molecular flexibility index (Phi) is 7.51. The first-order chi connectivity index (χ1) is 14.2. The van der Waals surface area contributed by atoms with Crippen LogP contribution in [0.4, 0.5) is 5.69 Å². The highest BCUT2D eigenvalue weighted by Crippen LogP contribution is 2.14. The first-order valence-corrected chi connectivity index (χ1v) is 9.77. The van der Waals surface area contributed by atoms with Crippen molar-refractivity contribution >= 4 is 24.0 Å². The summed E-state index contributed by atoms with van der Waals surface area (Å²) in [5, 5.41) is 18.8. The van der Waals surface area contributed by atoms with Crippen LogP contribution in [0.5, 0.6) is 0 Å². The molecular formula is C21H25ClN6O2. The van der Waals surface area contributed by atoms with Crippen molar-refractivity contribution in [3.8, 4) is 11.4 Å². The molecule has 0 bridgehead atoms. The maximum Gasteiger partial charge on any atom is 0.244 e. The van der Waals surface area contributed by atoms with Crippen LogP contribution in [0.1, 0.15) is 12.5 Å². The van der Waals surface area contributed by atoms with Gasteiger partial charge in [-0.15, -0.1) is 22.6 Å². The van der Waals surface area contributed by atoms with Crippen molar-refractivity contribution in [3.63, 3.8) is 0 Å². The number of aryl methyl sites for hydroxylation is 2. The molecule has 1 aromatic heterocycles. The average Bonchev–Trinajstić information content (AvgIpc) is 3.23. The number of hydrogen-bond acceptors (Lipinski definition) is 6. The lowest BCUT2D eigenvalue weighted by Gasteiger charge is -2.29. The Balaban J connectivity index is 0.00000256. The smallest absolute Gasteiger partial charge is 0.244 e. The Labute approximate surface area is 181 Å². The summed E-state index contributed by atoms with van der Waals surface area (Å²) in [5.41, 5.74) is 2.85. The number of aromatic nitrogens is 4. The molecule has 8 nitrogen and oxygen atoms in total. The van der Waals surface area contributed by atoms with E-state index in [1.165, 1.54) is 0 Å². The molecule has 1 amide bonds. The van der Waals surface area contributed by atoms with E-state index < -0.39 is 0 Å². The van der Waals surface area contributed by atoms with Gasteiger partial charge in [0.2, 0.25) is 11.7 Å². The van der Waals surface area contributed by atoms with E-state index in [2.05, 4.69) is 26.0 Å². The van der Waals surface area contributed by atoms with Crippen molar-refractivity contribution in [1.29, 1.82) is 0 Å². The van der Waals surface area contributed by atoms with Crippen LogP contribution >= 0.6 is 12.4 Å². The fourth-order valence-electron chi connectivity index (χ4n) is 3.27. The molecule has 9 heteroatoms. The largest absolute Gasteiger partial charge is 0.375 e. The third kappa shape index (κ3) is 5.41. The van der Waals surface area contributed by atoms with Gasteiger partial charge in [-0.25, -0.2) is 0 Å². The fraction of sp³-hybridized carbons (Fsp3) is 0.333. The van der Waals surface area contributed by atoms with Gasteiger partial charge in [0.15, 0.2) is 0 Å². The van der Waals surface area contributed by atoms with E-state index >= 15 is 0 Å². The van der Waals surface area contributed by atoms with Gasteiger partial charge >= 0.3 is 0 Å². The van der Waals surface area contributed by atoms with E-state index in [-0.39, 0.29) is 30.5 Å². The maximum absolute atomic E-state index is 12.4. The summed E-state index contributed by atoms with van der Waals surface area (Å²) in [6.45, 7) is 3.85. The summed E-state index contributed by atoms with van der Waals surface area (Å²) >= 11 is 0. The summed E-state index contributed by atoms with van der Waals surface area (Å²) in [6, 6.07) is 17.3. The highest BCUT2D eigenvalue weighted by molar-refractivity contribution is 5.95. The molecule has 1 saturated heterocycles. The molecular weight excluding hydrogens is 404 g/mol. The predicted octanol–water partition coefficient (Wildman–Crippen LogP) is 2.32. The van der Waals surface area contributed by atoms with Gasteiger partial charge in [0, 0.05) is 17.8 Å². The third-order valence-corrected chi connectivity index (χ3v) is 4.91. The van der Waals surface area contributed by atoms with Gasteiger partial charge in [0.25, 0.3) is 0 Å². The highest BCUT2D eigenvalue weighted by Gasteiger charge is 2.28. The lowest BCUT2D eigenvalue weighted by atomic mass is 10.1. The molecule has 0 aliphatic carbocycles. The van der Waals surface area contributed by atoms with E-state index in [1.807, 2.05) is 61.5 Å². The molecule has 0 saturated carbocycles. The number of halogens is 1. The van der Waals surface area contributed by atoms with Crippen molar-refractivity contribution in [1.82, 2.24) is 25.5 Å². The van der Waals surface area contributed by atoms with Crippen LogP contribution in [-0.4, -0.2) is 51.4 Å². The minimum atomic E-state index is -0.333. The number of carbonyl (C=O) groups excluding carboxylic acids is 1. The number of amides is 1. The maximum atomic E-state index is 12.4. The second-order valence-corrected chi connectivity index (χ2v) is 7.02. The molecule has 2 aromatic carbocycles. The zero-order valence-corrected chi connectivity index (χ0v) is 17.5. The SMILES string of the molecule is C[C@H]1OCCN[C@@H]1C(=O)Nc1ccc(CCn2nnc(-c3ccccc3)n2)cc1.Cl. The van der Waals surface area contributed by atoms with Crippen LogP contribution < -0.4 is 10.6 Å². The monoisotopic (exact) mass is 428 g/mol. The highest BCUT2D eigenvalue weighted by atomic mass is 35.5. The summed E-state index contributed by atoms with van der Waals surface area (Å²) in [6.07, 6.45) is 0.632. The Bertz CT molecular complexity index is 948. The summed E-state index contributed by atoms with van der Waals surface area (Å²) < 4.78 is 5.53. The molecule has 0 unspecified atom stereocenters. The zero-order chi connectivity index (χ0) is 20.1. The molecule has 3 aromatic rings. The molecule has 4 rings (SSSR count). The average molecular weight is 429 g/mol. The number of ether oxygens (including phenoxy) is 1. The molecule has 0 spiro atoms. The third-order valence-electron chi connectivity index (χ3n) is 4.91. The quantitative estimate of drug-likeness (QED) is 0.625. The van der Waals surface area contributed by atoms with Crippen molar-refractivity contribution in [2.45, 2.75) is 32.0 Å². The minimum absolute atomic E-state index is 0. The lowest BCUT2D eigenvalue weighted by Crippen LogP contribution is -2.53. The van der Waals surface area contributed by atoms with Gasteiger partial charge in [0.1, 0.15) is 6.04 Å². The van der Waals surface area contributed by atoms with Crippen LogP contribution in [0.25, 0.3) is 11.4 Å². The molecule has 0 radical (unpaired) electrons. The van der Waals surface area contributed by atoms with Gasteiger partial charge < -0.3 is 15.4 Å². The number of nitrogens with one attached hydrogen (secondary N) is 2. The van der Waals surface area contributed by atoms with Crippen LogP contribution in [0.3, 0.4) is 0 Å². The van der Waals surface area contributed by atoms with Crippen LogP contribution in [0.2, 0.25) is 0 Å². The number of hydrogen-bond donors (Lipinski definition) is 2. The second kappa shape index (κ2) is 10.3. The standard InChI is InChI=1S/C21H24N6O2.ClH/c1-15-19(22-12-14-29-15)21(28)23-18-9-7-16(8-10-18)11-13-27-25-20(24-26-27)17-5-3-2-4-6-17;/h2-10,15,19,22H,11-14H2,1H3,(H,23,28);1H/t15-,19+;/m1./s1. The Morgan fingerprint density at radius 2 is 1.97 bits per heavy atom. The molecule has 158 valence electrons. The number of anilines is 1. The summed E-state index contributed by atoms with van der Waals surface area (Å²) in [5.74, 6) is 0.545. The van der Waals surface area contributed by atoms with Crippen molar-refractivity contribution in [2.24, 2.45) is 0 Å². The van der Waals surface area contributed by atoms with E-state index in [4.69, 9.17) is 4.74 Å². The van der Waals surface area contributed by atoms with E-state index in [9.17, 15) is 4.79 Å². The molecule has 30 heavy (non-hydrogen) atoms. The summed E-state index contributed by atoms with van der Waals surface area (Å²) in [7, 11) is 0. The van der Waals surface area contributed by atoms with Gasteiger partial charge in [-0.3, -0.25) is 4.79 Å². The zero-order valence-electron chi connectivity index (χ0n) is 16.7. The normalized spacial score (nSPS) is 18.4. The minimum Gasteiger partial charge on any atom is -0.375 e. The first-order valence-electron chi connectivity index (χ1n) is 9.77. The molecule has 2 N–H and O–H groups in total. The topological polar surface area (TPSA) is 94.0 Å². The van der Waals surface area contributed by atoms with Crippen LogP contribution in [0.15, 0.2) is 54.6 Å². The number of benzene rings is 2. The van der Waals surface area contributed by atoms with E-state index in [0.717, 1.165) is 23.2 Å². The van der Waals surface area contributed by atoms with Gasteiger partial charge in [0.05, 0.1) is 19.3 Å². The Hall–Kier alpha value is -2.81. The Morgan fingerprint density at radius 1 is 1.20 bits per heavy atom. The molecule has 1 aliphatic heterocycles. The Morgan fingerprint density at radius 3 is 2.70 bits per heavy atom. The fourth-order valence-corrected chi connectivity index (χ4v) is 3.27. The van der Waals surface area contributed by atoms with Crippen molar-refractivity contribution < 1.29 is 9.53 Å². The van der Waals surface area contributed by atoms with E-state index in [1.54, 1.807) is 4.80 Å². The number of tetrazole rings is 1. The molecule has 2 heterocycles. The van der Waals surface area contributed by atoms with Crippen LogP contribution in [0, 0.1) is 0 Å². The van der Waals surface area contributed by atoms with Gasteiger partial charge in [-0.2, -0.15) is 4.80 Å². The number of morpholine rings is 1. The van der Waals surface area contributed by atoms with Gasteiger partial charge in [-0.05, 0) is 36.3 Å². The number of rotatable bonds is 6. The predicted molar refractivity (Wildman–Crippen MR) is 116 cm³/mol.